The van der Waals surface area contributed by atoms with Crippen LogP contribution in [-0.4, -0.2) is 19.1 Å². The summed E-state index contributed by atoms with van der Waals surface area (Å²) in [4.78, 5) is 11.5. The number of fused-ring (bicyclic) bond motifs is 1. The maximum Gasteiger partial charge on any atom is 0.374 e. The standard InChI is InChI=1S/C13H15NO3/c1-2-16-13(15)12-8-10-7-9(5-6-14)3-4-11(10)17-12/h3-4,7-8H,2,5-6,14H2,1H3. The SMILES string of the molecule is CCOC(=O)c1cc2cc(CCN)ccc2o1. The van der Waals surface area contributed by atoms with Crippen molar-refractivity contribution >= 4 is 16.9 Å². The van der Waals surface area contributed by atoms with Crippen molar-refractivity contribution in [3.63, 3.8) is 0 Å². The van der Waals surface area contributed by atoms with Gasteiger partial charge in [0.2, 0.25) is 5.76 Å². The third-order valence-electron chi connectivity index (χ3n) is 2.49. The summed E-state index contributed by atoms with van der Waals surface area (Å²) in [5.74, 6) is -0.184. The molecule has 0 saturated heterocycles. The van der Waals surface area contributed by atoms with Gasteiger partial charge in [0.25, 0.3) is 0 Å². The predicted octanol–water partition coefficient (Wildman–Crippen LogP) is 2.11. The summed E-state index contributed by atoms with van der Waals surface area (Å²) in [7, 11) is 0. The second-order valence-corrected chi connectivity index (χ2v) is 3.74. The zero-order valence-electron chi connectivity index (χ0n) is 9.73. The summed E-state index contributed by atoms with van der Waals surface area (Å²) in [5.41, 5.74) is 7.32. The molecule has 0 radical (unpaired) electrons. The first kappa shape index (κ1) is 11.7. The van der Waals surface area contributed by atoms with Gasteiger partial charge < -0.3 is 14.9 Å². The van der Waals surface area contributed by atoms with Gasteiger partial charge in [-0.1, -0.05) is 6.07 Å². The number of rotatable bonds is 4. The van der Waals surface area contributed by atoms with Crippen LogP contribution in [0.1, 0.15) is 23.0 Å². The summed E-state index contributed by atoms with van der Waals surface area (Å²) in [6.07, 6.45) is 0.815. The highest BCUT2D eigenvalue weighted by Crippen LogP contribution is 2.21. The Morgan fingerprint density at radius 2 is 2.24 bits per heavy atom. The molecular weight excluding hydrogens is 218 g/mol. The van der Waals surface area contributed by atoms with Crippen molar-refractivity contribution < 1.29 is 13.9 Å². The fourth-order valence-corrected chi connectivity index (χ4v) is 1.72. The first-order chi connectivity index (χ1) is 8.24. The van der Waals surface area contributed by atoms with Crippen LogP contribution in [0, 0.1) is 0 Å². The molecule has 0 fully saturated rings. The smallest absolute Gasteiger partial charge is 0.374 e. The lowest BCUT2D eigenvalue weighted by Gasteiger charge is -1.96. The van der Waals surface area contributed by atoms with E-state index in [1.807, 2.05) is 18.2 Å². The van der Waals surface area contributed by atoms with Crippen molar-refractivity contribution in [3.05, 3.63) is 35.6 Å². The average Bonchev–Trinajstić information content (AvgIpc) is 2.73. The Labute approximate surface area is 99.3 Å². The van der Waals surface area contributed by atoms with E-state index in [1.54, 1.807) is 13.0 Å². The van der Waals surface area contributed by atoms with Gasteiger partial charge in [0.05, 0.1) is 6.61 Å². The van der Waals surface area contributed by atoms with Gasteiger partial charge in [0, 0.05) is 5.39 Å². The van der Waals surface area contributed by atoms with Crippen molar-refractivity contribution in [3.8, 4) is 0 Å². The van der Waals surface area contributed by atoms with Crippen molar-refractivity contribution in [1.82, 2.24) is 0 Å². The minimum absolute atomic E-state index is 0.242. The van der Waals surface area contributed by atoms with Gasteiger partial charge in [-0.2, -0.15) is 0 Å². The Morgan fingerprint density at radius 3 is 2.94 bits per heavy atom. The zero-order chi connectivity index (χ0) is 12.3. The summed E-state index contributed by atoms with van der Waals surface area (Å²) < 4.78 is 10.3. The molecule has 17 heavy (non-hydrogen) atoms. The van der Waals surface area contributed by atoms with Gasteiger partial charge in [-0.05, 0) is 43.7 Å². The molecule has 1 aromatic carbocycles. The van der Waals surface area contributed by atoms with Crippen LogP contribution in [0.5, 0.6) is 0 Å². The number of carbonyl (C=O) groups is 1. The van der Waals surface area contributed by atoms with Gasteiger partial charge >= 0.3 is 5.97 Å². The van der Waals surface area contributed by atoms with Crippen molar-refractivity contribution in [2.45, 2.75) is 13.3 Å². The average molecular weight is 233 g/mol. The van der Waals surface area contributed by atoms with Crippen molar-refractivity contribution in [1.29, 1.82) is 0 Å². The molecule has 90 valence electrons. The zero-order valence-corrected chi connectivity index (χ0v) is 9.73. The van der Waals surface area contributed by atoms with E-state index in [9.17, 15) is 4.79 Å². The van der Waals surface area contributed by atoms with Crippen LogP contribution in [0.2, 0.25) is 0 Å². The fourth-order valence-electron chi connectivity index (χ4n) is 1.72. The van der Waals surface area contributed by atoms with Crippen LogP contribution in [-0.2, 0) is 11.2 Å². The molecule has 1 heterocycles. The molecular formula is C13H15NO3. The molecule has 0 unspecified atom stereocenters. The molecule has 4 nitrogen and oxygen atoms in total. The second kappa shape index (κ2) is 5.01. The summed E-state index contributed by atoms with van der Waals surface area (Å²) >= 11 is 0. The predicted molar refractivity (Wildman–Crippen MR) is 64.9 cm³/mol. The minimum atomic E-state index is -0.427. The van der Waals surface area contributed by atoms with E-state index in [0.717, 1.165) is 17.4 Å². The van der Waals surface area contributed by atoms with Crippen LogP contribution >= 0.6 is 0 Å². The Kier molecular flexibility index (Phi) is 3.44. The van der Waals surface area contributed by atoms with Crippen LogP contribution in [0.25, 0.3) is 11.0 Å². The van der Waals surface area contributed by atoms with Crippen LogP contribution < -0.4 is 5.73 Å². The molecule has 2 rings (SSSR count). The lowest BCUT2D eigenvalue weighted by atomic mass is 10.1. The molecule has 0 aliphatic heterocycles. The summed E-state index contributed by atoms with van der Waals surface area (Å²) in [6, 6.07) is 7.48. The van der Waals surface area contributed by atoms with E-state index in [0.29, 0.717) is 18.7 Å². The number of ether oxygens (including phenoxy) is 1. The van der Waals surface area contributed by atoms with E-state index in [2.05, 4.69) is 0 Å². The van der Waals surface area contributed by atoms with E-state index in [4.69, 9.17) is 14.9 Å². The monoisotopic (exact) mass is 233 g/mol. The van der Waals surface area contributed by atoms with Crippen molar-refractivity contribution in [2.75, 3.05) is 13.2 Å². The van der Waals surface area contributed by atoms with Crippen LogP contribution in [0.3, 0.4) is 0 Å². The van der Waals surface area contributed by atoms with E-state index in [-0.39, 0.29) is 5.76 Å². The second-order valence-electron chi connectivity index (χ2n) is 3.74. The summed E-state index contributed by atoms with van der Waals surface area (Å²) in [6.45, 7) is 2.71. The molecule has 0 atom stereocenters. The summed E-state index contributed by atoms with van der Waals surface area (Å²) in [5, 5.41) is 0.902. The maximum atomic E-state index is 11.5. The van der Waals surface area contributed by atoms with Crippen molar-refractivity contribution in [2.24, 2.45) is 5.73 Å². The highest BCUT2D eigenvalue weighted by Gasteiger charge is 2.13. The number of hydrogen-bond donors (Lipinski definition) is 1. The molecule has 0 spiro atoms. The Hall–Kier alpha value is -1.81. The Morgan fingerprint density at radius 1 is 1.41 bits per heavy atom. The number of furan rings is 1. The number of benzene rings is 1. The molecule has 2 aromatic rings. The third kappa shape index (κ3) is 2.47. The topological polar surface area (TPSA) is 65.5 Å². The highest BCUT2D eigenvalue weighted by atomic mass is 16.5. The molecule has 0 amide bonds. The number of nitrogens with two attached hydrogens (primary N) is 1. The first-order valence-electron chi connectivity index (χ1n) is 5.64. The van der Waals surface area contributed by atoms with Gasteiger partial charge in [-0.3, -0.25) is 0 Å². The maximum absolute atomic E-state index is 11.5. The van der Waals surface area contributed by atoms with Gasteiger partial charge in [0.15, 0.2) is 0 Å². The normalized spacial score (nSPS) is 10.7. The largest absolute Gasteiger partial charge is 0.460 e. The van der Waals surface area contributed by atoms with Gasteiger partial charge in [0.1, 0.15) is 5.58 Å². The fraction of sp³-hybridized carbons (Fsp3) is 0.308. The molecule has 4 heteroatoms. The molecule has 2 N–H and O–H groups in total. The van der Waals surface area contributed by atoms with Crippen LogP contribution in [0.15, 0.2) is 28.7 Å². The number of esters is 1. The molecule has 0 aliphatic rings. The lowest BCUT2D eigenvalue weighted by Crippen LogP contribution is -2.02. The van der Waals surface area contributed by atoms with Gasteiger partial charge in [-0.25, -0.2) is 4.79 Å². The molecule has 1 aromatic heterocycles. The number of hydrogen-bond acceptors (Lipinski definition) is 4. The minimum Gasteiger partial charge on any atom is -0.460 e. The van der Waals surface area contributed by atoms with E-state index in [1.165, 1.54) is 0 Å². The van der Waals surface area contributed by atoms with E-state index >= 15 is 0 Å². The third-order valence-corrected chi connectivity index (χ3v) is 2.49. The van der Waals surface area contributed by atoms with E-state index < -0.39 is 5.97 Å². The Bertz CT molecular complexity index is 530. The highest BCUT2D eigenvalue weighted by molar-refractivity contribution is 5.92. The van der Waals surface area contributed by atoms with Gasteiger partial charge in [-0.15, -0.1) is 0 Å². The first-order valence-corrected chi connectivity index (χ1v) is 5.64. The van der Waals surface area contributed by atoms with Crippen LogP contribution in [0.4, 0.5) is 0 Å². The lowest BCUT2D eigenvalue weighted by molar-refractivity contribution is 0.0492. The quantitative estimate of drug-likeness (QED) is 0.821. The molecule has 0 aliphatic carbocycles. The Balaban J connectivity index is 2.33. The molecule has 0 saturated carbocycles. The number of carbonyl (C=O) groups excluding carboxylic acids is 1. The molecule has 0 bridgehead atoms.